The van der Waals surface area contributed by atoms with Crippen molar-refractivity contribution in [1.29, 1.82) is 0 Å². The number of hydrogen-bond acceptors (Lipinski definition) is 6. The number of rotatable bonds is 3. The quantitative estimate of drug-likeness (QED) is 0.563. The van der Waals surface area contributed by atoms with E-state index in [-0.39, 0.29) is 5.75 Å². The second-order valence-corrected chi connectivity index (χ2v) is 6.73. The van der Waals surface area contributed by atoms with Gasteiger partial charge in [-0.3, -0.25) is 4.55 Å². The minimum Gasteiger partial charge on any atom is -0.399 e. The summed E-state index contributed by atoms with van der Waals surface area (Å²) in [6.45, 7) is 1.70. The Balaban J connectivity index is 2.17. The van der Waals surface area contributed by atoms with Crippen molar-refractivity contribution >= 4 is 37.6 Å². The number of thiazole rings is 1. The van der Waals surface area contributed by atoms with E-state index in [9.17, 15) is 8.42 Å². The van der Waals surface area contributed by atoms with Gasteiger partial charge in [0.25, 0.3) is 0 Å². The zero-order valence-corrected chi connectivity index (χ0v) is 13.1. The van der Waals surface area contributed by atoms with Crippen molar-refractivity contribution in [2.45, 2.75) is 6.92 Å². The summed E-state index contributed by atoms with van der Waals surface area (Å²) in [7, 11) is -4.59. The third kappa shape index (κ3) is 2.89. The van der Waals surface area contributed by atoms with E-state index in [0.717, 1.165) is 5.56 Å². The van der Waals surface area contributed by atoms with Gasteiger partial charge in [0.15, 0.2) is 5.75 Å². The van der Waals surface area contributed by atoms with Gasteiger partial charge in [-0.15, -0.1) is 11.3 Å². The first-order valence-electron chi connectivity index (χ1n) is 6.26. The Labute approximate surface area is 131 Å². The maximum atomic E-state index is 11.0. The summed E-state index contributed by atoms with van der Waals surface area (Å²) in [6, 6.07) is 10.7. The molecule has 0 atom stereocenters. The molecule has 3 aromatic rings. The average molecular weight is 336 g/mol. The van der Waals surface area contributed by atoms with Gasteiger partial charge in [0.2, 0.25) is 0 Å². The molecule has 3 rings (SSSR count). The van der Waals surface area contributed by atoms with Crippen LogP contribution in [0.3, 0.4) is 0 Å². The maximum absolute atomic E-state index is 11.0. The Hall–Kier alpha value is -2.16. The molecule has 0 saturated heterocycles. The van der Waals surface area contributed by atoms with Crippen LogP contribution in [0.5, 0.6) is 5.75 Å². The summed E-state index contributed by atoms with van der Waals surface area (Å²) < 4.78 is 36.2. The number of fused-ring (bicyclic) bond motifs is 1. The van der Waals surface area contributed by atoms with Gasteiger partial charge in [0.1, 0.15) is 5.01 Å². The van der Waals surface area contributed by atoms with Gasteiger partial charge >= 0.3 is 10.4 Å². The van der Waals surface area contributed by atoms with E-state index >= 15 is 0 Å². The van der Waals surface area contributed by atoms with Crippen LogP contribution in [-0.4, -0.2) is 18.0 Å². The molecule has 0 radical (unpaired) electrons. The number of aromatic nitrogens is 1. The Morgan fingerprint density at radius 2 is 1.86 bits per heavy atom. The average Bonchev–Trinajstić information content (AvgIpc) is 2.86. The van der Waals surface area contributed by atoms with E-state index in [2.05, 4.69) is 4.98 Å². The lowest BCUT2D eigenvalue weighted by Gasteiger charge is -2.05. The summed E-state index contributed by atoms with van der Waals surface area (Å²) in [5.41, 5.74) is 8.37. The second kappa shape index (κ2) is 5.24. The Kier molecular flexibility index (Phi) is 3.51. The highest BCUT2D eigenvalue weighted by Gasteiger charge is 2.17. The van der Waals surface area contributed by atoms with Crippen LogP contribution in [0, 0.1) is 6.92 Å². The number of nitrogen functional groups attached to an aromatic ring is 1. The van der Waals surface area contributed by atoms with Gasteiger partial charge in [-0.05, 0) is 42.8 Å². The van der Waals surface area contributed by atoms with E-state index in [4.69, 9.17) is 14.5 Å². The molecule has 22 heavy (non-hydrogen) atoms. The lowest BCUT2D eigenvalue weighted by Crippen LogP contribution is -2.07. The fourth-order valence-corrected chi connectivity index (χ4v) is 3.61. The van der Waals surface area contributed by atoms with E-state index in [1.807, 2.05) is 12.1 Å². The largest absolute Gasteiger partial charge is 0.446 e. The van der Waals surface area contributed by atoms with Crippen LogP contribution in [0.15, 0.2) is 36.4 Å². The zero-order chi connectivity index (χ0) is 15.9. The van der Waals surface area contributed by atoms with Crippen molar-refractivity contribution in [3.63, 3.8) is 0 Å². The van der Waals surface area contributed by atoms with Crippen molar-refractivity contribution in [3.05, 3.63) is 42.0 Å². The predicted octanol–water partition coefficient (Wildman–Crippen LogP) is 3.04. The Morgan fingerprint density at radius 1 is 1.18 bits per heavy atom. The summed E-state index contributed by atoms with van der Waals surface area (Å²) in [6.07, 6.45) is 0. The summed E-state index contributed by atoms with van der Waals surface area (Å²) in [5, 5.41) is 0.709. The van der Waals surface area contributed by atoms with Crippen molar-refractivity contribution in [3.8, 4) is 16.3 Å². The molecule has 0 aliphatic rings. The molecule has 114 valence electrons. The van der Waals surface area contributed by atoms with Crippen LogP contribution in [0.1, 0.15) is 5.56 Å². The minimum atomic E-state index is -4.59. The molecule has 0 aliphatic heterocycles. The third-order valence-corrected chi connectivity index (χ3v) is 4.55. The molecule has 0 spiro atoms. The molecule has 1 aromatic heterocycles. The van der Waals surface area contributed by atoms with Crippen LogP contribution in [0.4, 0.5) is 5.69 Å². The predicted molar refractivity (Wildman–Crippen MR) is 86.4 cm³/mol. The van der Waals surface area contributed by atoms with Gasteiger partial charge in [-0.25, -0.2) is 4.98 Å². The van der Waals surface area contributed by atoms with Crippen LogP contribution in [0.2, 0.25) is 0 Å². The van der Waals surface area contributed by atoms with Crippen molar-refractivity contribution in [2.24, 2.45) is 0 Å². The fourth-order valence-electron chi connectivity index (χ4n) is 2.02. The highest BCUT2D eigenvalue weighted by Crippen LogP contribution is 2.38. The van der Waals surface area contributed by atoms with E-state index in [1.165, 1.54) is 11.3 Å². The number of nitrogens with two attached hydrogens (primary N) is 1. The van der Waals surface area contributed by atoms with Gasteiger partial charge in [-0.2, -0.15) is 8.42 Å². The smallest absolute Gasteiger partial charge is 0.399 e. The second-order valence-electron chi connectivity index (χ2n) is 4.71. The van der Waals surface area contributed by atoms with Crippen LogP contribution < -0.4 is 9.92 Å². The molecular weight excluding hydrogens is 324 g/mol. The fraction of sp³-hybridized carbons (Fsp3) is 0.0714. The number of aryl methyl sites for hydroxylation is 1. The van der Waals surface area contributed by atoms with Crippen molar-refractivity contribution in [2.75, 3.05) is 5.73 Å². The molecule has 0 aliphatic carbocycles. The summed E-state index contributed by atoms with van der Waals surface area (Å²) in [4.78, 5) is 4.47. The first kappa shape index (κ1) is 14.8. The highest BCUT2D eigenvalue weighted by atomic mass is 32.3. The normalized spacial score (nSPS) is 11.7. The maximum Gasteiger partial charge on any atom is 0.446 e. The lowest BCUT2D eigenvalue weighted by molar-refractivity contribution is 0.387. The lowest BCUT2D eigenvalue weighted by atomic mass is 10.2. The highest BCUT2D eigenvalue weighted by molar-refractivity contribution is 7.81. The number of hydrogen-bond donors (Lipinski definition) is 2. The molecule has 1 heterocycles. The monoisotopic (exact) mass is 336 g/mol. The molecule has 3 N–H and O–H groups in total. The van der Waals surface area contributed by atoms with Gasteiger partial charge in [0.05, 0.1) is 10.2 Å². The van der Waals surface area contributed by atoms with E-state index in [1.54, 1.807) is 31.2 Å². The Bertz CT molecular complexity index is 947. The first-order chi connectivity index (χ1) is 10.3. The van der Waals surface area contributed by atoms with Crippen molar-refractivity contribution in [1.82, 2.24) is 4.98 Å². The molecule has 6 nitrogen and oxygen atoms in total. The van der Waals surface area contributed by atoms with Crippen LogP contribution >= 0.6 is 11.3 Å². The van der Waals surface area contributed by atoms with Gasteiger partial charge in [0, 0.05) is 11.3 Å². The molecule has 8 heteroatoms. The molecule has 0 bridgehead atoms. The zero-order valence-electron chi connectivity index (χ0n) is 11.5. The standard InChI is InChI=1S/C14H12N2O4S2/c1-8-2-7-11-13(12(8)20-22(17,18)19)21-14(16-11)9-3-5-10(15)6-4-9/h2-7H,15H2,1H3,(H,17,18,19). The molecule has 0 saturated carbocycles. The molecule has 0 unspecified atom stereocenters. The van der Waals surface area contributed by atoms with Crippen LogP contribution in [-0.2, 0) is 10.4 Å². The van der Waals surface area contributed by atoms with E-state index in [0.29, 0.717) is 26.5 Å². The number of anilines is 1. The number of benzene rings is 2. The minimum absolute atomic E-state index is 0.0965. The molecule has 0 fully saturated rings. The van der Waals surface area contributed by atoms with Gasteiger partial charge in [-0.1, -0.05) is 6.07 Å². The topological polar surface area (TPSA) is 103 Å². The first-order valence-corrected chi connectivity index (χ1v) is 8.44. The third-order valence-electron chi connectivity index (χ3n) is 3.06. The van der Waals surface area contributed by atoms with Crippen LogP contribution in [0.25, 0.3) is 20.8 Å². The Morgan fingerprint density at radius 3 is 2.50 bits per heavy atom. The van der Waals surface area contributed by atoms with E-state index < -0.39 is 10.4 Å². The molecular formula is C14H12N2O4S2. The summed E-state index contributed by atoms with van der Waals surface area (Å²) in [5.74, 6) is 0.0965. The van der Waals surface area contributed by atoms with Crippen molar-refractivity contribution < 1.29 is 17.2 Å². The van der Waals surface area contributed by atoms with Gasteiger partial charge < -0.3 is 9.92 Å². The molecule has 0 amide bonds. The molecule has 2 aromatic carbocycles. The SMILES string of the molecule is Cc1ccc2nc(-c3ccc(N)cc3)sc2c1OS(=O)(=O)O. The summed E-state index contributed by atoms with van der Waals surface area (Å²) >= 11 is 1.29. The number of nitrogens with zero attached hydrogens (tertiary/aromatic N) is 1.